The fourth-order valence-electron chi connectivity index (χ4n) is 0.630. The van der Waals surface area contributed by atoms with Gasteiger partial charge in [-0.3, -0.25) is 8.63 Å². The molecule has 0 N–H and O–H groups in total. The van der Waals surface area contributed by atoms with E-state index in [1.807, 2.05) is 0 Å². The van der Waals surface area contributed by atoms with Crippen LogP contribution in [0.2, 0.25) is 0 Å². The van der Waals surface area contributed by atoms with E-state index in [4.69, 9.17) is 0 Å². The van der Waals surface area contributed by atoms with Crippen molar-refractivity contribution in [2.24, 2.45) is 0 Å². The molecule has 8 heteroatoms. The van der Waals surface area contributed by atoms with Crippen molar-refractivity contribution >= 4 is 22.6 Å². The third-order valence-corrected chi connectivity index (χ3v) is 2.11. The van der Waals surface area contributed by atoms with E-state index in [0.29, 0.717) is 0 Å². The van der Waals surface area contributed by atoms with Crippen LogP contribution in [0.1, 0.15) is 0 Å². The summed E-state index contributed by atoms with van der Waals surface area (Å²) in [5.74, 6) is 0. The van der Waals surface area contributed by atoms with Crippen LogP contribution in [-0.2, 0) is 9.84 Å². The normalized spacial score (nSPS) is 11.3. The van der Waals surface area contributed by atoms with Gasteiger partial charge in [0.2, 0.25) is 15.0 Å². The van der Waals surface area contributed by atoms with Gasteiger partial charge in [-0.2, -0.15) is 0 Å². The SMILES string of the molecule is CS(=O)(=O)c1ncc(B(F)F)cn1. The number of nitrogens with zero attached hydrogens (tertiary/aromatic N) is 2. The summed E-state index contributed by atoms with van der Waals surface area (Å²) in [5.41, 5.74) is -0.396. The Kier molecular flexibility index (Phi) is 2.60. The first-order valence-corrected chi connectivity index (χ1v) is 5.10. The summed E-state index contributed by atoms with van der Waals surface area (Å²) < 4.78 is 45.5. The molecule has 1 heterocycles. The fourth-order valence-corrected chi connectivity index (χ4v) is 1.12. The van der Waals surface area contributed by atoms with Gasteiger partial charge < -0.3 is 0 Å². The topological polar surface area (TPSA) is 59.9 Å². The molecule has 0 radical (unpaired) electrons. The van der Waals surface area contributed by atoms with Crippen LogP contribution in [-0.4, -0.2) is 31.9 Å². The summed E-state index contributed by atoms with van der Waals surface area (Å²) in [4.78, 5) is 6.58. The molecule has 0 atom stereocenters. The Labute approximate surface area is 74.1 Å². The molecule has 0 aliphatic heterocycles. The molecule has 0 aliphatic carbocycles. The van der Waals surface area contributed by atoms with Crippen molar-refractivity contribution in [2.45, 2.75) is 5.16 Å². The molecule has 0 saturated heterocycles. The standard InChI is InChI=1S/C5H5BF2N2O2S/c1-13(11,12)5-9-2-4(3-10-5)6(7)8/h2-3H,1H3. The van der Waals surface area contributed by atoms with Crippen molar-refractivity contribution in [1.29, 1.82) is 0 Å². The van der Waals surface area contributed by atoms with Crippen LogP contribution < -0.4 is 5.46 Å². The van der Waals surface area contributed by atoms with E-state index >= 15 is 0 Å². The molecular weight excluding hydrogens is 201 g/mol. The van der Waals surface area contributed by atoms with E-state index in [1.165, 1.54) is 0 Å². The third kappa shape index (κ3) is 2.45. The molecule has 0 unspecified atom stereocenters. The van der Waals surface area contributed by atoms with Gasteiger partial charge in [0.15, 0.2) is 0 Å². The summed E-state index contributed by atoms with van der Waals surface area (Å²) >= 11 is 0. The molecular formula is C5H5BF2N2O2S. The number of halogens is 2. The minimum atomic E-state index is -3.51. The number of hydrogen-bond acceptors (Lipinski definition) is 4. The smallest absolute Gasteiger partial charge is 0.281 e. The lowest BCUT2D eigenvalue weighted by Crippen LogP contribution is -2.22. The van der Waals surface area contributed by atoms with Crippen molar-refractivity contribution in [3.63, 3.8) is 0 Å². The zero-order chi connectivity index (χ0) is 10.1. The van der Waals surface area contributed by atoms with Gasteiger partial charge in [-0.15, -0.1) is 0 Å². The van der Waals surface area contributed by atoms with Crippen molar-refractivity contribution in [3.8, 4) is 0 Å². The van der Waals surface area contributed by atoms with E-state index in [0.717, 1.165) is 18.6 Å². The Morgan fingerprint density at radius 1 is 1.31 bits per heavy atom. The van der Waals surface area contributed by atoms with E-state index in [9.17, 15) is 17.0 Å². The summed E-state index contributed by atoms with van der Waals surface area (Å²) in [6.45, 7) is 0. The lowest BCUT2D eigenvalue weighted by atomic mass is 9.89. The highest BCUT2D eigenvalue weighted by atomic mass is 32.2. The monoisotopic (exact) mass is 206 g/mol. The molecule has 0 spiro atoms. The zero-order valence-electron chi connectivity index (χ0n) is 6.61. The molecule has 0 aromatic carbocycles. The molecule has 70 valence electrons. The molecule has 0 fully saturated rings. The van der Waals surface area contributed by atoms with Gasteiger partial charge in [-0.05, 0) is 0 Å². The van der Waals surface area contributed by atoms with E-state index in [1.54, 1.807) is 0 Å². The van der Waals surface area contributed by atoms with Gasteiger partial charge in [0.25, 0.3) is 0 Å². The van der Waals surface area contributed by atoms with Gasteiger partial charge in [-0.25, -0.2) is 18.4 Å². The summed E-state index contributed by atoms with van der Waals surface area (Å²) in [5, 5.41) is -0.447. The lowest BCUT2D eigenvalue weighted by Gasteiger charge is -1.96. The van der Waals surface area contributed by atoms with Crippen LogP contribution in [0.5, 0.6) is 0 Å². The zero-order valence-corrected chi connectivity index (χ0v) is 7.42. The highest BCUT2D eigenvalue weighted by molar-refractivity contribution is 7.90. The van der Waals surface area contributed by atoms with Gasteiger partial charge in [0.1, 0.15) is 0 Å². The minimum Gasteiger partial charge on any atom is -0.281 e. The predicted octanol–water partition coefficient (Wildman–Crippen LogP) is -0.486. The van der Waals surface area contributed by atoms with Gasteiger partial charge in [-0.1, -0.05) is 0 Å². The lowest BCUT2D eigenvalue weighted by molar-refractivity contribution is 0.592. The Balaban J connectivity index is 3.08. The molecule has 0 bridgehead atoms. The Bertz CT molecular complexity index is 392. The second-order valence-corrected chi connectivity index (χ2v) is 4.28. The Morgan fingerprint density at radius 3 is 2.08 bits per heavy atom. The van der Waals surface area contributed by atoms with Crippen LogP contribution in [0.15, 0.2) is 17.6 Å². The van der Waals surface area contributed by atoms with E-state index in [-0.39, 0.29) is 0 Å². The first kappa shape index (κ1) is 10.0. The van der Waals surface area contributed by atoms with Crippen LogP contribution >= 0.6 is 0 Å². The number of aromatic nitrogens is 2. The average molecular weight is 206 g/mol. The average Bonchev–Trinajstić information content (AvgIpc) is 2.03. The molecule has 1 aromatic rings. The first-order valence-electron chi connectivity index (χ1n) is 3.21. The second-order valence-electron chi connectivity index (χ2n) is 2.37. The van der Waals surface area contributed by atoms with Crippen LogP contribution in [0.3, 0.4) is 0 Å². The maximum absolute atomic E-state index is 12.0. The molecule has 13 heavy (non-hydrogen) atoms. The molecule has 1 aromatic heterocycles. The van der Waals surface area contributed by atoms with E-state index < -0.39 is 27.7 Å². The van der Waals surface area contributed by atoms with Gasteiger partial charge in [0, 0.05) is 24.1 Å². The van der Waals surface area contributed by atoms with Crippen LogP contribution in [0.25, 0.3) is 0 Å². The fraction of sp³-hybridized carbons (Fsp3) is 0.200. The molecule has 0 saturated carbocycles. The third-order valence-electron chi connectivity index (χ3n) is 1.23. The summed E-state index contributed by atoms with van der Waals surface area (Å²) in [7, 11) is -6.20. The number of hydrogen-bond donors (Lipinski definition) is 0. The maximum atomic E-state index is 12.0. The number of sulfone groups is 1. The molecule has 0 aliphatic rings. The number of rotatable bonds is 2. The van der Waals surface area contributed by atoms with Crippen LogP contribution in [0.4, 0.5) is 8.63 Å². The quantitative estimate of drug-likeness (QED) is 0.484. The minimum absolute atomic E-state index is 0.396. The molecule has 4 nitrogen and oxygen atoms in total. The van der Waals surface area contributed by atoms with Crippen molar-refractivity contribution in [1.82, 2.24) is 9.97 Å². The maximum Gasteiger partial charge on any atom is 0.575 e. The summed E-state index contributed by atoms with van der Waals surface area (Å²) in [6.07, 6.45) is 2.51. The summed E-state index contributed by atoms with van der Waals surface area (Å²) in [6, 6.07) is 0. The van der Waals surface area contributed by atoms with Gasteiger partial charge in [0.05, 0.1) is 0 Å². The first-order chi connectivity index (χ1) is 5.91. The Morgan fingerprint density at radius 2 is 1.77 bits per heavy atom. The second kappa shape index (κ2) is 3.37. The Hall–Kier alpha value is -1.05. The predicted molar refractivity (Wildman–Crippen MR) is 42.7 cm³/mol. The van der Waals surface area contributed by atoms with Crippen molar-refractivity contribution in [3.05, 3.63) is 12.4 Å². The molecule has 1 rings (SSSR count). The van der Waals surface area contributed by atoms with Crippen molar-refractivity contribution in [2.75, 3.05) is 6.26 Å². The largest absolute Gasteiger partial charge is 0.575 e. The highest BCUT2D eigenvalue weighted by Gasteiger charge is 2.18. The van der Waals surface area contributed by atoms with Crippen LogP contribution in [0, 0.1) is 0 Å². The van der Waals surface area contributed by atoms with Crippen molar-refractivity contribution < 1.29 is 17.0 Å². The van der Waals surface area contributed by atoms with Gasteiger partial charge >= 0.3 is 7.27 Å². The highest BCUT2D eigenvalue weighted by Crippen LogP contribution is 1.97. The molecule has 0 amide bonds. The van der Waals surface area contributed by atoms with E-state index in [2.05, 4.69) is 9.97 Å².